The summed E-state index contributed by atoms with van der Waals surface area (Å²) in [5, 5.41) is 10.4. The van der Waals surface area contributed by atoms with Gasteiger partial charge in [0.2, 0.25) is 5.91 Å². The summed E-state index contributed by atoms with van der Waals surface area (Å²) < 4.78 is 0. The molecular weight excluding hydrogens is 328 g/mol. The minimum atomic E-state index is -0.141. The quantitative estimate of drug-likeness (QED) is 0.858. The van der Waals surface area contributed by atoms with Gasteiger partial charge in [-0.1, -0.05) is 12.1 Å². The smallest absolute Gasteiger partial charge is 0.241 e. The van der Waals surface area contributed by atoms with Crippen LogP contribution < -0.4 is 5.32 Å². The monoisotopic (exact) mass is 354 g/mol. The van der Waals surface area contributed by atoms with Gasteiger partial charge in [-0.25, -0.2) is 4.98 Å². The zero-order chi connectivity index (χ0) is 18.1. The van der Waals surface area contributed by atoms with Crippen LogP contribution in [-0.4, -0.2) is 70.2 Å². The van der Waals surface area contributed by atoms with Crippen molar-refractivity contribution in [2.75, 3.05) is 38.5 Å². The van der Waals surface area contributed by atoms with Crippen LogP contribution in [0.2, 0.25) is 0 Å². The molecule has 1 amide bonds. The molecule has 2 heterocycles. The van der Waals surface area contributed by atoms with Crippen LogP contribution in [0.25, 0.3) is 11.4 Å². The molecule has 0 spiro atoms. The van der Waals surface area contributed by atoms with E-state index >= 15 is 0 Å². The van der Waals surface area contributed by atoms with Crippen molar-refractivity contribution in [3.63, 3.8) is 0 Å². The SMILES string of the molecule is CC(C(=O)Nc1cccc(-c2n[nH]c(C3CC3)n2)c1)N1CCN(C)CC1. The van der Waals surface area contributed by atoms with Crippen LogP contribution in [0, 0.1) is 0 Å². The van der Waals surface area contributed by atoms with Crippen LogP contribution in [-0.2, 0) is 4.79 Å². The molecule has 1 aliphatic heterocycles. The number of likely N-dealkylation sites (N-methyl/N-ethyl adjacent to an activating group) is 1. The normalized spacial score (nSPS) is 20.1. The molecule has 2 aromatic rings. The molecule has 0 bridgehead atoms. The predicted molar refractivity (Wildman–Crippen MR) is 101 cm³/mol. The first kappa shape index (κ1) is 17.2. The van der Waals surface area contributed by atoms with Crippen molar-refractivity contribution >= 4 is 11.6 Å². The fraction of sp³-hybridized carbons (Fsp3) is 0.526. The molecule has 0 radical (unpaired) electrons. The summed E-state index contributed by atoms with van der Waals surface area (Å²) in [5.74, 6) is 2.23. The van der Waals surface area contributed by atoms with Crippen LogP contribution in [0.3, 0.4) is 0 Å². The molecule has 1 aromatic carbocycles. The number of hydrogen-bond donors (Lipinski definition) is 2. The summed E-state index contributed by atoms with van der Waals surface area (Å²) in [6.45, 7) is 5.82. The van der Waals surface area contributed by atoms with E-state index in [-0.39, 0.29) is 11.9 Å². The number of rotatable bonds is 5. The van der Waals surface area contributed by atoms with E-state index in [1.54, 1.807) is 0 Å². The minimum absolute atomic E-state index is 0.0281. The van der Waals surface area contributed by atoms with Crippen LogP contribution in [0.15, 0.2) is 24.3 Å². The molecule has 26 heavy (non-hydrogen) atoms. The second-order valence-electron chi connectivity index (χ2n) is 7.40. The van der Waals surface area contributed by atoms with E-state index in [9.17, 15) is 4.79 Å². The van der Waals surface area contributed by atoms with Gasteiger partial charge >= 0.3 is 0 Å². The van der Waals surface area contributed by atoms with Gasteiger partial charge in [0.05, 0.1) is 6.04 Å². The summed E-state index contributed by atoms with van der Waals surface area (Å²) in [7, 11) is 2.12. The first-order valence-electron chi connectivity index (χ1n) is 9.36. The number of benzene rings is 1. The van der Waals surface area contributed by atoms with Gasteiger partial charge in [-0.15, -0.1) is 0 Å². The van der Waals surface area contributed by atoms with Crippen molar-refractivity contribution in [1.29, 1.82) is 0 Å². The third-order valence-corrected chi connectivity index (χ3v) is 5.32. The fourth-order valence-corrected chi connectivity index (χ4v) is 3.30. The minimum Gasteiger partial charge on any atom is -0.325 e. The predicted octanol–water partition coefficient (Wildman–Crippen LogP) is 1.92. The molecule has 2 fully saturated rings. The van der Waals surface area contributed by atoms with Crippen LogP contribution in [0.4, 0.5) is 5.69 Å². The van der Waals surface area contributed by atoms with Gasteiger partial charge in [0.25, 0.3) is 0 Å². The van der Waals surface area contributed by atoms with E-state index in [1.807, 2.05) is 31.2 Å². The Morgan fingerprint density at radius 3 is 2.77 bits per heavy atom. The molecular formula is C19H26N6O. The molecule has 7 heteroatoms. The Kier molecular flexibility index (Phi) is 4.74. The average molecular weight is 354 g/mol. The molecule has 4 rings (SSSR count). The van der Waals surface area contributed by atoms with Crippen LogP contribution in [0.1, 0.15) is 31.5 Å². The number of aromatic nitrogens is 3. The first-order valence-corrected chi connectivity index (χ1v) is 9.36. The molecule has 1 aliphatic carbocycles. The number of carbonyl (C=O) groups is 1. The lowest BCUT2D eigenvalue weighted by Crippen LogP contribution is -2.51. The summed E-state index contributed by atoms with van der Waals surface area (Å²) in [6.07, 6.45) is 2.38. The Balaban J connectivity index is 1.42. The van der Waals surface area contributed by atoms with Crippen molar-refractivity contribution in [3.05, 3.63) is 30.1 Å². The number of aromatic amines is 1. The maximum Gasteiger partial charge on any atom is 0.241 e. The summed E-state index contributed by atoms with van der Waals surface area (Å²) >= 11 is 0. The number of nitrogens with one attached hydrogen (secondary N) is 2. The number of anilines is 1. The summed E-state index contributed by atoms with van der Waals surface area (Å²) in [6, 6.07) is 7.61. The lowest BCUT2D eigenvalue weighted by molar-refractivity contribution is -0.121. The fourth-order valence-electron chi connectivity index (χ4n) is 3.30. The number of amides is 1. The standard InChI is InChI=1S/C19H26N6O/c1-13(25-10-8-24(2)9-11-25)19(26)20-16-5-3-4-15(12-16)18-21-17(22-23-18)14-6-7-14/h3-5,12-14H,6-11H2,1-2H3,(H,20,26)(H,21,22,23). The largest absolute Gasteiger partial charge is 0.325 e. The summed E-state index contributed by atoms with van der Waals surface area (Å²) in [5.41, 5.74) is 1.70. The molecule has 1 unspecified atom stereocenters. The van der Waals surface area contributed by atoms with Crippen LogP contribution in [0.5, 0.6) is 0 Å². The van der Waals surface area contributed by atoms with E-state index in [2.05, 4.69) is 37.3 Å². The molecule has 2 N–H and O–H groups in total. The van der Waals surface area contributed by atoms with E-state index in [1.165, 1.54) is 12.8 Å². The Labute approximate surface area is 153 Å². The van der Waals surface area contributed by atoms with Crippen molar-refractivity contribution in [3.8, 4) is 11.4 Å². The number of carbonyl (C=O) groups excluding carboxylic acids is 1. The lowest BCUT2D eigenvalue weighted by Gasteiger charge is -2.35. The zero-order valence-corrected chi connectivity index (χ0v) is 15.4. The van der Waals surface area contributed by atoms with Crippen molar-refractivity contribution < 1.29 is 4.79 Å². The third kappa shape index (κ3) is 3.78. The van der Waals surface area contributed by atoms with E-state index in [0.717, 1.165) is 43.3 Å². The van der Waals surface area contributed by atoms with Crippen LogP contribution >= 0.6 is 0 Å². The number of hydrogen-bond acceptors (Lipinski definition) is 5. The number of piperazine rings is 1. The van der Waals surface area contributed by atoms with Crippen molar-refractivity contribution in [2.24, 2.45) is 0 Å². The highest BCUT2D eigenvalue weighted by molar-refractivity contribution is 5.95. The van der Waals surface area contributed by atoms with Gasteiger partial charge in [0, 0.05) is 43.3 Å². The summed E-state index contributed by atoms with van der Waals surface area (Å²) in [4.78, 5) is 21.7. The maximum absolute atomic E-state index is 12.6. The van der Waals surface area contributed by atoms with Gasteiger partial charge in [-0.2, -0.15) is 5.10 Å². The Bertz CT molecular complexity index is 776. The zero-order valence-electron chi connectivity index (χ0n) is 15.4. The number of H-pyrrole nitrogens is 1. The van der Waals surface area contributed by atoms with Gasteiger partial charge in [-0.05, 0) is 38.9 Å². The molecule has 1 aromatic heterocycles. The van der Waals surface area contributed by atoms with Gasteiger partial charge < -0.3 is 10.2 Å². The second-order valence-corrected chi connectivity index (χ2v) is 7.40. The van der Waals surface area contributed by atoms with Crippen molar-refractivity contribution in [2.45, 2.75) is 31.7 Å². The van der Waals surface area contributed by atoms with Crippen molar-refractivity contribution in [1.82, 2.24) is 25.0 Å². The topological polar surface area (TPSA) is 77.1 Å². The van der Waals surface area contributed by atoms with Gasteiger partial charge in [0.15, 0.2) is 5.82 Å². The molecule has 7 nitrogen and oxygen atoms in total. The molecule has 2 aliphatic rings. The highest BCUT2D eigenvalue weighted by atomic mass is 16.2. The molecule has 138 valence electrons. The molecule has 1 saturated heterocycles. The molecule has 1 atom stereocenters. The second kappa shape index (κ2) is 7.17. The Morgan fingerprint density at radius 2 is 2.04 bits per heavy atom. The highest BCUT2D eigenvalue weighted by Gasteiger charge is 2.27. The number of nitrogens with zero attached hydrogens (tertiary/aromatic N) is 4. The van der Waals surface area contributed by atoms with Gasteiger partial charge in [0.1, 0.15) is 5.82 Å². The Hall–Kier alpha value is -2.25. The van der Waals surface area contributed by atoms with Gasteiger partial charge in [-0.3, -0.25) is 14.8 Å². The first-order chi connectivity index (χ1) is 12.6. The maximum atomic E-state index is 12.6. The van der Waals surface area contributed by atoms with E-state index < -0.39 is 0 Å². The third-order valence-electron chi connectivity index (χ3n) is 5.32. The van der Waals surface area contributed by atoms with E-state index in [4.69, 9.17) is 0 Å². The molecule has 1 saturated carbocycles. The lowest BCUT2D eigenvalue weighted by atomic mass is 10.1. The van der Waals surface area contributed by atoms with E-state index in [0.29, 0.717) is 11.7 Å². The average Bonchev–Trinajstić information content (AvgIpc) is 3.39. The highest BCUT2D eigenvalue weighted by Crippen LogP contribution is 2.38. The Morgan fingerprint density at radius 1 is 1.27 bits per heavy atom.